The first kappa shape index (κ1) is 22.9. The molecule has 1 amide bonds. The van der Waals surface area contributed by atoms with Gasteiger partial charge in [-0.2, -0.15) is 0 Å². The zero-order valence-electron chi connectivity index (χ0n) is 18.1. The summed E-state index contributed by atoms with van der Waals surface area (Å²) in [5, 5.41) is 6.56. The molecule has 1 heterocycles. The van der Waals surface area contributed by atoms with Gasteiger partial charge in [0.15, 0.2) is 0 Å². The van der Waals surface area contributed by atoms with Crippen LogP contribution >= 0.6 is 11.6 Å². The lowest BCUT2D eigenvalue weighted by atomic mass is 10.0. The summed E-state index contributed by atoms with van der Waals surface area (Å²) < 4.78 is 23.1. The summed E-state index contributed by atoms with van der Waals surface area (Å²) >= 11 is 6.02. The van der Waals surface area contributed by atoms with E-state index in [4.69, 9.17) is 21.7 Å². The highest BCUT2D eigenvalue weighted by Gasteiger charge is 2.22. The predicted octanol–water partition coefficient (Wildman–Crippen LogP) is 5.04. The number of hydrogen-bond donors (Lipinski definition) is 1. The minimum Gasteiger partial charge on any atom is -0.335 e. The van der Waals surface area contributed by atoms with E-state index in [2.05, 4.69) is 0 Å². The molecule has 0 radical (unpaired) electrons. The molecular formula is C25H22ClN3O3S. The first-order chi connectivity index (χ1) is 15.6. The number of benzene rings is 3. The average molecular weight is 480 g/mol. The second kappa shape index (κ2) is 8.94. The monoisotopic (exact) mass is 479 g/mol. The van der Waals surface area contributed by atoms with Gasteiger partial charge in [0.05, 0.1) is 27.7 Å². The van der Waals surface area contributed by atoms with E-state index in [1.54, 1.807) is 42.3 Å². The van der Waals surface area contributed by atoms with Crippen LogP contribution in [-0.2, 0) is 10.0 Å². The van der Waals surface area contributed by atoms with Crippen molar-refractivity contribution in [3.8, 4) is 11.3 Å². The van der Waals surface area contributed by atoms with Gasteiger partial charge in [-0.15, -0.1) is 0 Å². The van der Waals surface area contributed by atoms with Crippen LogP contribution in [0.1, 0.15) is 28.9 Å². The highest BCUT2D eigenvalue weighted by Crippen LogP contribution is 2.29. The van der Waals surface area contributed by atoms with Crippen molar-refractivity contribution < 1.29 is 13.2 Å². The predicted molar refractivity (Wildman–Crippen MR) is 131 cm³/mol. The number of carbonyl (C=O) groups excluding carboxylic acids is 1. The number of para-hydroxylation sites is 1. The summed E-state index contributed by atoms with van der Waals surface area (Å²) in [7, 11) is -2.06. The Morgan fingerprint density at radius 1 is 1.00 bits per heavy atom. The summed E-state index contributed by atoms with van der Waals surface area (Å²) in [5.41, 5.74) is 3.56. The quantitative estimate of drug-likeness (QED) is 0.434. The van der Waals surface area contributed by atoms with E-state index in [-0.39, 0.29) is 16.8 Å². The highest BCUT2D eigenvalue weighted by molar-refractivity contribution is 7.89. The fraction of sp³-hybridized carbons (Fsp3) is 0.120. The van der Waals surface area contributed by atoms with E-state index in [0.29, 0.717) is 21.8 Å². The van der Waals surface area contributed by atoms with Crippen LogP contribution in [0.15, 0.2) is 83.8 Å². The maximum atomic E-state index is 13.6. The number of sulfonamides is 1. The van der Waals surface area contributed by atoms with Gasteiger partial charge >= 0.3 is 0 Å². The molecule has 6 nitrogen and oxygen atoms in total. The Labute approximate surface area is 197 Å². The molecule has 4 rings (SSSR count). The highest BCUT2D eigenvalue weighted by atomic mass is 35.5. The van der Waals surface area contributed by atoms with Crippen LogP contribution in [-0.4, -0.2) is 31.3 Å². The third-order valence-corrected chi connectivity index (χ3v) is 6.86. The van der Waals surface area contributed by atoms with Gasteiger partial charge in [0.1, 0.15) is 0 Å². The van der Waals surface area contributed by atoms with E-state index in [9.17, 15) is 13.2 Å². The maximum absolute atomic E-state index is 13.6. The largest absolute Gasteiger partial charge is 0.335 e. The third-order valence-electron chi connectivity index (χ3n) is 5.68. The Bertz CT molecular complexity index is 1440. The second-order valence-electron chi connectivity index (χ2n) is 7.79. The third kappa shape index (κ3) is 4.75. The Morgan fingerprint density at radius 2 is 1.64 bits per heavy atom. The molecule has 33 heavy (non-hydrogen) atoms. The Hall–Kier alpha value is -3.26. The molecule has 168 valence electrons. The fourth-order valence-electron chi connectivity index (χ4n) is 3.65. The smallest absolute Gasteiger partial charge is 0.254 e. The molecule has 0 aliphatic rings. The molecular weight excluding hydrogens is 458 g/mol. The number of carbonyl (C=O) groups is 1. The lowest BCUT2D eigenvalue weighted by Gasteiger charge is -2.26. The summed E-state index contributed by atoms with van der Waals surface area (Å²) in [6.45, 7) is 1.88. The summed E-state index contributed by atoms with van der Waals surface area (Å²) in [4.78, 5) is 20.0. The van der Waals surface area contributed by atoms with Crippen LogP contribution in [0, 0.1) is 0 Å². The van der Waals surface area contributed by atoms with Crippen molar-refractivity contribution in [1.82, 2.24) is 9.88 Å². The molecule has 0 bridgehead atoms. The number of hydrogen-bond acceptors (Lipinski definition) is 4. The molecule has 1 aromatic heterocycles. The molecule has 4 aromatic rings. The zero-order valence-corrected chi connectivity index (χ0v) is 19.6. The second-order valence-corrected chi connectivity index (χ2v) is 9.78. The molecule has 3 aromatic carbocycles. The minimum absolute atomic E-state index is 0.0279. The molecule has 1 unspecified atom stereocenters. The Morgan fingerprint density at radius 3 is 2.27 bits per heavy atom. The fourth-order valence-corrected chi connectivity index (χ4v) is 4.29. The van der Waals surface area contributed by atoms with Gasteiger partial charge in [-0.05, 0) is 48.9 Å². The molecule has 8 heteroatoms. The van der Waals surface area contributed by atoms with Gasteiger partial charge in [-0.1, -0.05) is 54.1 Å². The van der Waals surface area contributed by atoms with E-state index in [1.165, 1.54) is 12.1 Å². The van der Waals surface area contributed by atoms with Crippen LogP contribution < -0.4 is 5.14 Å². The molecule has 0 aliphatic heterocycles. The minimum atomic E-state index is -3.78. The van der Waals surface area contributed by atoms with Crippen molar-refractivity contribution in [1.29, 1.82) is 0 Å². The normalized spacial score (nSPS) is 12.5. The lowest BCUT2D eigenvalue weighted by Crippen LogP contribution is -2.30. The number of nitrogens with two attached hydrogens (primary N) is 1. The van der Waals surface area contributed by atoms with Gasteiger partial charge in [-0.25, -0.2) is 18.5 Å². The van der Waals surface area contributed by atoms with Gasteiger partial charge < -0.3 is 4.90 Å². The van der Waals surface area contributed by atoms with Crippen LogP contribution in [0.3, 0.4) is 0 Å². The molecule has 0 fully saturated rings. The molecule has 0 spiro atoms. The van der Waals surface area contributed by atoms with Gasteiger partial charge in [-0.3, -0.25) is 4.79 Å². The van der Waals surface area contributed by atoms with Crippen molar-refractivity contribution in [2.75, 3.05) is 7.05 Å². The van der Waals surface area contributed by atoms with Crippen molar-refractivity contribution in [2.45, 2.75) is 17.9 Å². The molecule has 1 atom stereocenters. The number of nitrogens with zero attached hydrogens (tertiary/aromatic N) is 2. The Balaban J connectivity index is 1.72. The van der Waals surface area contributed by atoms with Crippen molar-refractivity contribution in [3.05, 3.63) is 95.0 Å². The number of aromatic nitrogens is 1. The van der Waals surface area contributed by atoms with Crippen molar-refractivity contribution in [2.24, 2.45) is 5.14 Å². The van der Waals surface area contributed by atoms with E-state index >= 15 is 0 Å². The van der Waals surface area contributed by atoms with Crippen molar-refractivity contribution >= 4 is 38.4 Å². The number of fused-ring (bicyclic) bond motifs is 1. The average Bonchev–Trinajstić information content (AvgIpc) is 2.82. The molecule has 0 saturated heterocycles. The SMILES string of the molecule is CC(c1ccc(S(N)(=O)=O)cc1)N(C)C(=O)c1cc(-c2ccc(Cl)cc2)nc2ccccc12. The van der Waals surface area contributed by atoms with Gasteiger partial charge in [0.25, 0.3) is 5.91 Å². The van der Waals surface area contributed by atoms with E-state index in [1.807, 2.05) is 43.3 Å². The first-order valence-electron chi connectivity index (χ1n) is 10.2. The summed E-state index contributed by atoms with van der Waals surface area (Å²) in [6.07, 6.45) is 0. The lowest BCUT2D eigenvalue weighted by molar-refractivity contribution is 0.0744. The molecule has 0 aliphatic carbocycles. The van der Waals surface area contributed by atoms with Crippen LogP contribution in [0.2, 0.25) is 5.02 Å². The van der Waals surface area contributed by atoms with E-state index in [0.717, 1.165) is 16.5 Å². The molecule has 0 saturated carbocycles. The number of amides is 1. The standard InChI is InChI=1S/C25H22ClN3O3S/c1-16(17-9-13-20(14-10-17)33(27,31)32)29(2)25(30)22-15-24(18-7-11-19(26)12-8-18)28-23-6-4-3-5-21(22)23/h3-16H,1-2H3,(H2,27,31,32). The van der Waals surface area contributed by atoms with Gasteiger partial charge in [0.2, 0.25) is 10.0 Å². The zero-order chi connectivity index (χ0) is 23.8. The van der Waals surface area contributed by atoms with Gasteiger partial charge in [0, 0.05) is 23.0 Å². The van der Waals surface area contributed by atoms with Crippen molar-refractivity contribution in [3.63, 3.8) is 0 Å². The maximum Gasteiger partial charge on any atom is 0.254 e. The molecule has 2 N–H and O–H groups in total. The van der Waals surface area contributed by atoms with E-state index < -0.39 is 10.0 Å². The van der Waals surface area contributed by atoms with Crippen LogP contribution in [0.5, 0.6) is 0 Å². The topological polar surface area (TPSA) is 93.4 Å². The summed E-state index contributed by atoms with van der Waals surface area (Å²) in [5.74, 6) is -0.174. The Kier molecular flexibility index (Phi) is 6.21. The summed E-state index contributed by atoms with van der Waals surface area (Å²) in [6, 6.07) is 22.5. The number of primary sulfonamides is 1. The first-order valence-corrected chi connectivity index (χ1v) is 12.1. The number of rotatable bonds is 5. The number of halogens is 1. The number of pyridine rings is 1. The van der Waals surface area contributed by atoms with Crippen LogP contribution in [0.25, 0.3) is 22.2 Å². The van der Waals surface area contributed by atoms with Crippen LogP contribution in [0.4, 0.5) is 0 Å².